The van der Waals surface area contributed by atoms with Crippen LogP contribution in [0.3, 0.4) is 0 Å². The Balaban J connectivity index is 1.60. The minimum atomic E-state index is -3.62. The van der Waals surface area contributed by atoms with Gasteiger partial charge in [0, 0.05) is 26.2 Å². The summed E-state index contributed by atoms with van der Waals surface area (Å²) in [6, 6.07) is 12.5. The van der Waals surface area contributed by atoms with Crippen molar-refractivity contribution in [3.63, 3.8) is 0 Å². The van der Waals surface area contributed by atoms with Crippen molar-refractivity contribution < 1.29 is 27.4 Å². The molecule has 1 fully saturated rings. The molecule has 0 bridgehead atoms. The third-order valence-corrected chi connectivity index (χ3v) is 7.26. The van der Waals surface area contributed by atoms with E-state index in [9.17, 15) is 13.2 Å². The molecule has 0 aromatic heterocycles. The lowest BCUT2D eigenvalue weighted by molar-refractivity contribution is -0.143. The van der Waals surface area contributed by atoms with Gasteiger partial charge in [-0.2, -0.15) is 0 Å². The Hall–Kier alpha value is -2.46. The molecular weight excluding hydrogens is 432 g/mol. The van der Waals surface area contributed by atoms with Crippen LogP contribution in [0.1, 0.15) is 12.0 Å². The Morgan fingerprint density at radius 2 is 1.62 bits per heavy atom. The van der Waals surface area contributed by atoms with Gasteiger partial charge in [-0.15, -0.1) is 0 Å². The minimum absolute atomic E-state index is 0.207. The van der Waals surface area contributed by atoms with Gasteiger partial charge in [-0.05, 0) is 48.4 Å². The van der Waals surface area contributed by atoms with Crippen molar-refractivity contribution in [2.24, 2.45) is 0 Å². The number of carbonyl (C=O) groups is 1. The molecule has 32 heavy (non-hydrogen) atoms. The molecule has 3 rings (SSSR count). The molecule has 1 aliphatic rings. The smallest absolute Gasteiger partial charge is 0.322 e. The summed E-state index contributed by atoms with van der Waals surface area (Å²) in [7, 11) is -0.705. The van der Waals surface area contributed by atoms with Crippen LogP contribution in [-0.2, 0) is 30.7 Å². The summed E-state index contributed by atoms with van der Waals surface area (Å²) < 4.78 is 41.1. The maximum atomic E-state index is 12.8. The fourth-order valence-electron chi connectivity index (χ4n) is 3.50. The van der Waals surface area contributed by atoms with E-state index >= 15 is 0 Å². The first-order valence-corrected chi connectivity index (χ1v) is 12.0. The van der Waals surface area contributed by atoms with Gasteiger partial charge in [-0.25, -0.2) is 8.42 Å². The van der Waals surface area contributed by atoms with Crippen LogP contribution in [0.25, 0.3) is 0 Å². The van der Waals surface area contributed by atoms with E-state index in [4.69, 9.17) is 14.2 Å². The van der Waals surface area contributed by atoms with Gasteiger partial charge >= 0.3 is 5.97 Å². The molecule has 9 heteroatoms. The molecule has 174 valence electrons. The van der Waals surface area contributed by atoms with Gasteiger partial charge in [-0.3, -0.25) is 9.69 Å². The quantitative estimate of drug-likeness (QED) is 0.535. The van der Waals surface area contributed by atoms with Crippen molar-refractivity contribution in [2.75, 3.05) is 47.1 Å². The molecule has 1 saturated heterocycles. The van der Waals surface area contributed by atoms with E-state index in [-0.39, 0.29) is 15.8 Å². The van der Waals surface area contributed by atoms with Gasteiger partial charge in [0.15, 0.2) is 0 Å². The summed E-state index contributed by atoms with van der Waals surface area (Å²) >= 11 is 0. The molecule has 0 radical (unpaired) electrons. The molecule has 0 amide bonds. The highest BCUT2D eigenvalue weighted by atomic mass is 32.2. The highest BCUT2D eigenvalue weighted by Gasteiger charge is 2.21. The number of carbonyl (C=O) groups excluding carboxylic acids is 1. The lowest BCUT2D eigenvalue weighted by Crippen LogP contribution is -2.43. The van der Waals surface area contributed by atoms with E-state index in [2.05, 4.69) is 10.2 Å². The van der Waals surface area contributed by atoms with Gasteiger partial charge in [0.2, 0.25) is 9.84 Å². The van der Waals surface area contributed by atoms with Crippen LogP contribution in [0.15, 0.2) is 58.3 Å². The minimum Gasteiger partial charge on any atom is -0.497 e. The number of nitrogens with zero attached hydrogens (tertiary/aromatic N) is 1. The van der Waals surface area contributed by atoms with Crippen molar-refractivity contribution in [3.05, 3.63) is 54.1 Å². The molecule has 2 aromatic rings. The molecule has 1 heterocycles. The monoisotopic (exact) mass is 462 g/mol. The number of hydrogen-bond donors (Lipinski definition) is 1. The second kappa shape index (κ2) is 11.4. The first-order valence-electron chi connectivity index (χ1n) is 10.5. The van der Waals surface area contributed by atoms with E-state index in [0.29, 0.717) is 31.9 Å². The zero-order chi connectivity index (χ0) is 23.0. The van der Waals surface area contributed by atoms with Gasteiger partial charge in [0.25, 0.3) is 0 Å². The number of rotatable bonds is 10. The fraction of sp³-hybridized carbons (Fsp3) is 0.435. The van der Waals surface area contributed by atoms with Crippen LogP contribution in [0, 0.1) is 0 Å². The van der Waals surface area contributed by atoms with E-state index in [0.717, 1.165) is 25.2 Å². The summed E-state index contributed by atoms with van der Waals surface area (Å²) in [5.41, 5.74) is 0.874. The second-order valence-electron chi connectivity index (χ2n) is 7.52. The predicted octanol–water partition coefficient (Wildman–Crippen LogP) is 1.88. The Kier molecular flexibility index (Phi) is 8.63. The lowest BCUT2D eigenvalue weighted by Gasteiger charge is -2.28. The summed E-state index contributed by atoms with van der Waals surface area (Å²) in [6.45, 7) is 4.33. The standard InChI is InChI=1S/C23H30N2O6S/c1-29-19-5-9-21(10-6-19)32(27,28)20-7-3-18(4-8-20)17-24-22(23(26)30-2)11-12-25-13-15-31-16-14-25/h3-10,22,24H,11-17H2,1-2H3. The number of sulfone groups is 1. The summed E-state index contributed by atoms with van der Waals surface area (Å²) in [4.78, 5) is 14.9. The molecule has 1 unspecified atom stereocenters. The molecule has 1 aliphatic heterocycles. The Morgan fingerprint density at radius 1 is 1.03 bits per heavy atom. The molecule has 8 nitrogen and oxygen atoms in total. The first kappa shape index (κ1) is 24.2. The van der Waals surface area contributed by atoms with E-state index in [1.165, 1.54) is 26.4 Å². The number of hydrogen-bond acceptors (Lipinski definition) is 8. The van der Waals surface area contributed by atoms with E-state index < -0.39 is 15.9 Å². The van der Waals surface area contributed by atoms with Crippen molar-refractivity contribution in [1.82, 2.24) is 10.2 Å². The zero-order valence-corrected chi connectivity index (χ0v) is 19.3. The molecular formula is C23H30N2O6S. The third kappa shape index (κ3) is 6.29. The number of esters is 1. The maximum absolute atomic E-state index is 12.8. The van der Waals surface area contributed by atoms with Gasteiger partial charge in [-0.1, -0.05) is 12.1 Å². The molecule has 0 saturated carbocycles. The van der Waals surface area contributed by atoms with Gasteiger partial charge < -0.3 is 19.5 Å². The van der Waals surface area contributed by atoms with Crippen molar-refractivity contribution >= 4 is 15.8 Å². The van der Waals surface area contributed by atoms with Crippen LogP contribution in [0.5, 0.6) is 5.75 Å². The van der Waals surface area contributed by atoms with Gasteiger partial charge in [0.1, 0.15) is 11.8 Å². The lowest BCUT2D eigenvalue weighted by atomic mass is 10.1. The van der Waals surface area contributed by atoms with Crippen molar-refractivity contribution in [2.45, 2.75) is 28.8 Å². The Labute approximate surface area is 189 Å². The van der Waals surface area contributed by atoms with Crippen LogP contribution in [0.4, 0.5) is 0 Å². The fourth-order valence-corrected chi connectivity index (χ4v) is 4.76. The summed E-state index contributed by atoms with van der Waals surface area (Å²) in [5, 5.41) is 3.23. The first-order chi connectivity index (χ1) is 15.4. The molecule has 1 atom stereocenters. The SMILES string of the molecule is COC(=O)C(CCN1CCOCC1)NCc1ccc(S(=O)(=O)c2ccc(OC)cc2)cc1. The highest BCUT2D eigenvalue weighted by Crippen LogP contribution is 2.23. The van der Waals surface area contributed by atoms with Crippen LogP contribution >= 0.6 is 0 Å². The maximum Gasteiger partial charge on any atom is 0.322 e. The van der Waals surface area contributed by atoms with Crippen LogP contribution < -0.4 is 10.1 Å². The number of benzene rings is 2. The van der Waals surface area contributed by atoms with E-state index in [1.54, 1.807) is 36.4 Å². The Bertz CT molecular complexity index is 971. The normalized spacial score (nSPS) is 15.8. The molecule has 2 aromatic carbocycles. The zero-order valence-electron chi connectivity index (χ0n) is 18.5. The number of ether oxygens (including phenoxy) is 3. The van der Waals surface area contributed by atoms with Crippen molar-refractivity contribution in [1.29, 1.82) is 0 Å². The number of methoxy groups -OCH3 is 2. The topological polar surface area (TPSA) is 94.2 Å². The molecule has 1 N–H and O–H groups in total. The average Bonchev–Trinajstić information content (AvgIpc) is 2.84. The predicted molar refractivity (Wildman–Crippen MR) is 119 cm³/mol. The Morgan fingerprint density at radius 3 is 2.19 bits per heavy atom. The summed E-state index contributed by atoms with van der Waals surface area (Å²) in [6.07, 6.45) is 0.622. The molecule has 0 spiro atoms. The number of morpholine rings is 1. The highest BCUT2D eigenvalue weighted by molar-refractivity contribution is 7.91. The second-order valence-corrected chi connectivity index (χ2v) is 9.47. The average molecular weight is 463 g/mol. The summed E-state index contributed by atoms with van der Waals surface area (Å²) in [5.74, 6) is 0.288. The van der Waals surface area contributed by atoms with Crippen molar-refractivity contribution in [3.8, 4) is 5.75 Å². The largest absolute Gasteiger partial charge is 0.497 e. The molecule has 0 aliphatic carbocycles. The number of nitrogens with one attached hydrogen (secondary N) is 1. The van der Waals surface area contributed by atoms with Gasteiger partial charge in [0.05, 0.1) is 37.2 Å². The third-order valence-electron chi connectivity index (χ3n) is 5.48. The van der Waals surface area contributed by atoms with Crippen LogP contribution in [-0.4, -0.2) is 72.4 Å². The van der Waals surface area contributed by atoms with E-state index in [1.807, 2.05) is 0 Å². The van der Waals surface area contributed by atoms with Crippen LogP contribution in [0.2, 0.25) is 0 Å².